The highest BCUT2D eigenvalue weighted by Gasteiger charge is 2.15. The van der Waals surface area contributed by atoms with E-state index < -0.39 is 12.0 Å². The molecule has 0 saturated heterocycles. The third kappa shape index (κ3) is 6.38. The van der Waals surface area contributed by atoms with Crippen molar-refractivity contribution in [2.45, 2.75) is 39.0 Å². The molecule has 1 amide bonds. The van der Waals surface area contributed by atoms with Crippen LogP contribution in [0.1, 0.15) is 31.0 Å². The molecule has 5 nitrogen and oxygen atoms in total. The summed E-state index contributed by atoms with van der Waals surface area (Å²) in [5.41, 5.74) is 1.05. The Balaban J connectivity index is 2.15. The number of rotatable bonds is 8. The molecule has 0 radical (unpaired) electrons. The fraction of sp³-hybridized carbons (Fsp3) is 0.615. The number of hydrogen-bond donors (Lipinski definition) is 1. The van der Waals surface area contributed by atoms with Crippen molar-refractivity contribution >= 4 is 35.0 Å². The summed E-state index contributed by atoms with van der Waals surface area (Å²) in [6.45, 7) is 5.66. The first-order valence-corrected chi connectivity index (χ1v) is 8.51. The van der Waals surface area contributed by atoms with Gasteiger partial charge < -0.3 is 10.1 Å². The van der Waals surface area contributed by atoms with Gasteiger partial charge in [-0.05, 0) is 20.8 Å². The molecule has 20 heavy (non-hydrogen) atoms. The van der Waals surface area contributed by atoms with Gasteiger partial charge in [-0.15, -0.1) is 11.3 Å². The van der Waals surface area contributed by atoms with Gasteiger partial charge in [0.2, 0.25) is 5.91 Å². The van der Waals surface area contributed by atoms with Crippen molar-refractivity contribution in [1.82, 2.24) is 10.3 Å². The Kier molecular flexibility index (Phi) is 7.61. The maximum absolute atomic E-state index is 11.6. The van der Waals surface area contributed by atoms with Gasteiger partial charge >= 0.3 is 5.97 Å². The Morgan fingerprint density at radius 2 is 2.30 bits per heavy atom. The van der Waals surface area contributed by atoms with Gasteiger partial charge in [-0.2, -0.15) is 11.8 Å². The van der Waals surface area contributed by atoms with Crippen LogP contribution in [0.3, 0.4) is 0 Å². The van der Waals surface area contributed by atoms with Crippen LogP contribution in [0, 0.1) is 6.92 Å². The molecule has 1 unspecified atom stereocenters. The average molecular weight is 316 g/mol. The van der Waals surface area contributed by atoms with Gasteiger partial charge in [-0.25, -0.2) is 9.78 Å². The molecule has 1 N–H and O–H groups in total. The summed E-state index contributed by atoms with van der Waals surface area (Å²) in [4.78, 5) is 27.3. The van der Waals surface area contributed by atoms with Crippen LogP contribution in [0.5, 0.6) is 0 Å². The Bertz CT molecular complexity index is 449. The lowest BCUT2D eigenvalue weighted by atomic mass is 10.3. The predicted octanol–water partition coefficient (Wildman–Crippen LogP) is 2.14. The molecule has 0 bridgehead atoms. The minimum atomic E-state index is -0.589. The Labute approximate surface area is 127 Å². The SMILES string of the molecule is CCOC(=O)C(C)NC(=O)CCSCc1csc(C)n1. The number of nitrogens with zero attached hydrogens (tertiary/aromatic N) is 1. The lowest BCUT2D eigenvalue weighted by Gasteiger charge is -2.12. The molecule has 0 aliphatic carbocycles. The topological polar surface area (TPSA) is 68.3 Å². The Hall–Kier alpha value is -1.08. The van der Waals surface area contributed by atoms with E-state index in [1.807, 2.05) is 12.3 Å². The van der Waals surface area contributed by atoms with Crippen molar-refractivity contribution in [3.05, 3.63) is 16.1 Å². The molecule has 7 heteroatoms. The van der Waals surface area contributed by atoms with Crippen molar-refractivity contribution in [3.63, 3.8) is 0 Å². The van der Waals surface area contributed by atoms with E-state index in [-0.39, 0.29) is 5.91 Å². The first-order valence-electron chi connectivity index (χ1n) is 6.47. The monoisotopic (exact) mass is 316 g/mol. The highest BCUT2D eigenvalue weighted by Crippen LogP contribution is 2.15. The van der Waals surface area contributed by atoms with Crippen LogP contribution in [-0.4, -0.2) is 35.3 Å². The molecule has 0 saturated carbocycles. The third-order valence-electron chi connectivity index (χ3n) is 2.41. The third-order valence-corrected chi connectivity index (χ3v) is 4.22. The van der Waals surface area contributed by atoms with Crippen LogP contribution < -0.4 is 5.32 Å². The zero-order valence-electron chi connectivity index (χ0n) is 12.0. The molecule has 0 spiro atoms. The van der Waals surface area contributed by atoms with E-state index in [0.29, 0.717) is 18.8 Å². The first kappa shape index (κ1) is 17.0. The Morgan fingerprint density at radius 3 is 2.90 bits per heavy atom. The van der Waals surface area contributed by atoms with Crippen LogP contribution in [0.2, 0.25) is 0 Å². The standard InChI is InChI=1S/C13H20N2O3S2/c1-4-18-13(17)9(2)14-12(16)5-6-19-7-11-8-20-10(3)15-11/h8-9H,4-7H2,1-3H3,(H,14,16). The van der Waals surface area contributed by atoms with Crippen molar-refractivity contribution in [2.24, 2.45) is 0 Å². The number of thiazole rings is 1. The van der Waals surface area contributed by atoms with Gasteiger partial charge in [-0.1, -0.05) is 0 Å². The summed E-state index contributed by atoms with van der Waals surface area (Å²) < 4.78 is 4.82. The number of thioether (sulfide) groups is 1. The molecule has 0 aliphatic heterocycles. The minimum Gasteiger partial charge on any atom is -0.464 e. The number of aromatic nitrogens is 1. The summed E-state index contributed by atoms with van der Waals surface area (Å²) in [7, 11) is 0. The first-order chi connectivity index (χ1) is 9.52. The lowest BCUT2D eigenvalue weighted by Crippen LogP contribution is -2.39. The second kappa shape index (κ2) is 8.97. The molecule has 1 aromatic heterocycles. The van der Waals surface area contributed by atoms with Crippen LogP contribution in [-0.2, 0) is 20.1 Å². The molecule has 112 valence electrons. The maximum Gasteiger partial charge on any atom is 0.328 e. The van der Waals surface area contributed by atoms with E-state index in [1.54, 1.807) is 36.9 Å². The normalized spacial score (nSPS) is 11.9. The summed E-state index contributed by atoms with van der Waals surface area (Å²) in [5.74, 6) is 0.988. The van der Waals surface area contributed by atoms with Crippen LogP contribution in [0.15, 0.2) is 5.38 Å². The van der Waals surface area contributed by atoms with E-state index in [2.05, 4.69) is 10.3 Å². The summed E-state index contributed by atoms with van der Waals surface area (Å²) in [6.07, 6.45) is 0.386. The van der Waals surface area contributed by atoms with E-state index in [9.17, 15) is 9.59 Å². The second-order valence-corrected chi connectivity index (χ2v) is 6.37. The number of carbonyl (C=O) groups is 2. The van der Waals surface area contributed by atoms with Gasteiger partial charge in [0.25, 0.3) is 0 Å². The van der Waals surface area contributed by atoms with Crippen molar-refractivity contribution < 1.29 is 14.3 Å². The zero-order valence-corrected chi connectivity index (χ0v) is 13.6. The highest BCUT2D eigenvalue weighted by atomic mass is 32.2. The number of hydrogen-bond acceptors (Lipinski definition) is 6. The zero-order chi connectivity index (χ0) is 15.0. The van der Waals surface area contributed by atoms with Crippen LogP contribution >= 0.6 is 23.1 Å². The maximum atomic E-state index is 11.6. The number of ether oxygens (including phenoxy) is 1. The van der Waals surface area contributed by atoms with E-state index in [4.69, 9.17) is 4.74 Å². The fourth-order valence-corrected chi connectivity index (χ4v) is 3.01. The Morgan fingerprint density at radius 1 is 1.55 bits per heavy atom. The average Bonchev–Trinajstić information content (AvgIpc) is 2.80. The number of nitrogens with one attached hydrogen (secondary N) is 1. The molecule has 1 atom stereocenters. The number of amides is 1. The summed E-state index contributed by atoms with van der Waals surface area (Å²) in [5, 5.41) is 5.72. The molecule has 1 rings (SSSR count). The highest BCUT2D eigenvalue weighted by molar-refractivity contribution is 7.98. The largest absolute Gasteiger partial charge is 0.464 e. The van der Waals surface area contributed by atoms with Crippen molar-refractivity contribution in [3.8, 4) is 0 Å². The van der Waals surface area contributed by atoms with Crippen LogP contribution in [0.4, 0.5) is 0 Å². The molecule has 1 aromatic rings. The van der Waals surface area contributed by atoms with Gasteiger partial charge in [-0.3, -0.25) is 4.79 Å². The van der Waals surface area contributed by atoms with Gasteiger partial charge in [0.1, 0.15) is 6.04 Å². The number of esters is 1. The quantitative estimate of drug-likeness (QED) is 0.588. The molecule has 0 fully saturated rings. The van der Waals surface area contributed by atoms with E-state index >= 15 is 0 Å². The number of aryl methyl sites for hydroxylation is 1. The lowest BCUT2D eigenvalue weighted by molar-refractivity contribution is -0.146. The predicted molar refractivity (Wildman–Crippen MR) is 81.9 cm³/mol. The minimum absolute atomic E-state index is 0.132. The summed E-state index contributed by atoms with van der Waals surface area (Å²) >= 11 is 3.29. The van der Waals surface area contributed by atoms with E-state index in [1.165, 1.54) is 0 Å². The molecular weight excluding hydrogens is 296 g/mol. The smallest absolute Gasteiger partial charge is 0.328 e. The molecule has 0 aromatic carbocycles. The van der Waals surface area contributed by atoms with Gasteiger partial charge in [0.05, 0.1) is 17.3 Å². The molecular formula is C13H20N2O3S2. The second-order valence-electron chi connectivity index (χ2n) is 4.20. The van der Waals surface area contributed by atoms with Crippen molar-refractivity contribution in [1.29, 1.82) is 0 Å². The fourth-order valence-electron chi connectivity index (χ4n) is 1.46. The van der Waals surface area contributed by atoms with Crippen molar-refractivity contribution in [2.75, 3.05) is 12.4 Å². The molecule has 1 heterocycles. The van der Waals surface area contributed by atoms with Gasteiger partial charge in [0.15, 0.2) is 0 Å². The van der Waals surface area contributed by atoms with E-state index in [0.717, 1.165) is 16.5 Å². The molecule has 0 aliphatic rings. The van der Waals surface area contributed by atoms with Gasteiger partial charge in [0, 0.05) is 23.3 Å². The summed E-state index contributed by atoms with van der Waals surface area (Å²) in [6, 6.07) is -0.589. The number of carbonyl (C=O) groups excluding carboxylic acids is 2. The van der Waals surface area contributed by atoms with Crippen LogP contribution in [0.25, 0.3) is 0 Å².